The molecule has 0 unspecified atom stereocenters. The number of hydrogen-bond donors (Lipinski definition) is 1. The van der Waals surface area contributed by atoms with Gasteiger partial charge in [0, 0.05) is 31.7 Å². The molecule has 0 amide bonds. The number of hydrogen-bond acceptors (Lipinski definition) is 5. The number of carboxylic acid groups (broad SMARTS) is 1. The van der Waals surface area contributed by atoms with E-state index < -0.39 is 17.2 Å². The van der Waals surface area contributed by atoms with Gasteiger partial charge in [0.05, 0.1) is 28.0 Å². The Bertz CT molecular complexity index is 1580. The topological polar surface area (TPSA) is 89.6 Å². The van der Waals surface area contributed by atoms with Gasteiger partial charge in [-0.25, -0.2) is 14.2 Å². The van der Waals surface area contributed by atoms with Crippen LogP contribution in [-0.4, -0.2) is 44.9 Å². The molecule has 4 heterocycles. The third-order valence-corrected chi connectivity index (χ3v) is 7.55. The molecule has 0 bridgehead atoms. The second kappa shape index (κ2) is 8.36. The standard InChI is InChI=1S/C27H27FN4O4/c1-3-31-21-7-5-4-6-20(21)29-26(31)16-8-10-30(11-9-16)23-19(28)12-17-22-25(23)36-14-15(2)32(22)13-18(24(17)33)27(34)35/h4-7,12-13,15-16H,3,8-11,14H2,1-2H3,(H,34,35)/t15-/m0/s1. The quantitative estimate of drug-likeness (QED) is 0.452. The molecule has 186 valence electrons. The molecule has 1 fully saturated rings. The van der Waals surface area contributed by atoms with Gasteiger partial charge < -0.3 is 23.9 Å². The van der Waals surface area contributed by atoms with E-state index in [-0.39, 0.29) is 29.5 Å². The number of nitrogens with zero attached hydrogens (tertiary/aromatic N) is 4. The Balaban J connectivity index is 1.38. The Morgan fingerprint density at radius 3 is 2.72 bits per heavy atom. The molecule has 0 spiro atoms. The zero-order valence-corrected chi connectivity index (χ0v) is 20.2. The number of rotatable bonds is 4. The number of pyridine rings is 1. The van der Waals surface area contributed by atoms with Gasteiger partial charge in [0.25, 0.3) is 0 Å². The number of carbonyl (C=O) groups is 1. The maximum atomic E-state index is 15.6. The predicted octanol–water partition coefficient (Wildman–Crippen LogP) is 4.55. The van der Waals surface area contributed by atoms with Gasteiger partial charge >= 0.3 is 5.97 Å². The summed E-state index contributed by atoms with van der Waals surface area (Å²) >= 11 is 0. The molecule has 2 aliphatic heterocycles. The molecule has 2 aromatic heterocycles. The fraction of sp³-hybridized carbons (Fsp3) is 0.370. The first-order valence-corrected chi connectivity index (χ1v) is 12.4. The fourth-order valence-electron chi connectivity index (χ4n) is 5.76. The second-order valence-electron chi connectivity index (χ2n) is 9.64. The van der Waals surface area contributed by atoms with Crippen molar-refractivity contribution in [3.63, 3.8) is 0 Å². The van der Waals surface area contributed by atoms with Crippen LogP contribution in [0.4, 0.5) is 10.1 Å². The Morgan fingerprint density at radius 2 is 2.00 bits per heavy atom. The van der Waals surface area contributed by atoms with Gasteiger partial charge in [0.1, 0.15) is 23.7 Å². The Hall–Kier alpha value is -3.88. The molecular formula is C27H27FN4O4. The summed E-state index contributed by atoms with van der Waals surface area (Å²) in [6.45, 7) is 6.33. The number of imidazole rings is 1. The third-order valence-electron chi connectivity index (χ3n) is 7.55. The Kier molecular flexibility index (Phi) is 5.24. The van der Waals surface area contributed by atoms with Crippen LogP contribution < -0.4 is 15.1 Å². The van der Waals surface area contributed by atoms with E-state index in [0.29, 0.717) is 30.0 Å². The van der Waals surface area contributed by atoms with Gasteiger partial charge in [-0.2, -0.15) is 0 Å². The summed E-state index contributed by atoms with van der Waals surface area (Å²) in [5.41, 5.74) is 1.85. The molecule has 36 heavy (non-hydrogen) atoms. The Morgan fingerprint density at radius 1 is 1.25 bits per heavy atom. The molecule has 0 aliphatic carbocycles. The van der Waals surface area contributed by atoms with Crippen molar-refractivity contribution in [2.75, 3.05) is 24.6 Å². The van der Waals surface area contributed by atoms with E-state index in [2.05, 4.69) is 17.6 Å². The summed E-state index contributed by atoms with van der Waals surface area (Å²) in [6.07, 6.45) is 2.97. The van der Waals surface area contributed by atoms with Crippen LogP contribution in [0.5, 0.6) is 5.75 Å². The number of ether oxygens (including phenoxy) is 1. The van der Waals surface area contributed by atoms with Crippen molar-refractivity contribution in [2.45, 2.75) is 45.2 Å². The Labute approximate surface area is 206 Å². The average molecular weight is 491 g/mol. The highest BCUT2D eigenvalue weighted by Crippen LogP contribution is 2.43. The molecule has 4 aromatic rings. The largest absolute Gasteiger partial charge is 0.487 e. The van der Waals surface area contributed by atoms with E-state index in [0.717, 1.165) is 36.2 Å². The van der Waals surface area contributed by atoms with E-state index in [1.54, 1.807) is 4.57 Å². The first kappa shape index (κ1) is 22.6. The van der Waals surface area contributed by atoms with Crippen LogP contribution in [0.2, 0.25) is 0 Å². The normalized spacial score (nSPS) is 18.1. The molecule has 1 saturated heterocycles. The van der Waals surface area contributed by atoms with Gasteiger partial charge in [0.15, 0.2) is 11.6 Å². The number of aromatic carboxylic acids is 1. The average Bonchev–Trinajstić information content (AvgIpc) is 3.26. The van der Waals surface area contributed by atoms with Crippen LogP contribution >= 0.6 is 0 Å². The summed E-state index contributed by atoms with van der Waals surface area (Å²) in [6, 6.07) is 9.12. The third kappa shape index (κ3) is 3.29. The summed E-state index contributed by atoms with van der Waals surface area (Å²) in [7, 11) is 0. The van der Waals surface area contributed by atoms with Gasteiger partial charge in [-0.15, -0.1) is 0 Å². The van der Waals surface area contributed by atoms with E-state index in [1.165, 1.54) is 12.3 Å². The lowest BCUT2D eigenvalue weighted by Gasteiger charge is -2.36. The summed E-state index contributed by atoms with van der Waals surface area (Å²) < 4.78 is 25.6. The zero-order valence-electron chi connectivity index (χ0n) is 20.2. The number of piperidine rings is 1. The van der Waals surface area contributed by atoms with E-state index in [9.17, 15) is 14.7 Å². The van der Waals surface area contributed by atoms with Crippen LogP contribution in [0.25, 0.3) is 21.9 Å². The molecule has 8 nitrogen and oxygen atoms in total. The number of anilines is 1. The monoisotopic (exact) mass is 490 g/mol. The summed E-state index contributed by atoms with van der Waals surface area (Å²) in [4.78, 5) is 31.4. The highest BCUT2D eigenvalue weighted by atomic mass is 19.1. The molecule has 6 rings (SSSR count). The van der Waals surface area contributed by atoms with Crippen LogP contribution in [0.3, 0.4) is 0 Å². The molecule has 2 aliphatic rings. The molecule has 9 heteroatoms. The first-order valence-electron chi connectivity index (χ1n) is 12.4. The highest BCUT2D eigenvalue weighted by molar-refractivity contribution is 5.97. The highest BCUT2D eigenvalue weighted by Gasteiger charge is 2.33. The van der Waals surface area contributed by atoms with Gasteiger partial charge in [-0.3, -0.25) is 4.79 Å². The number of benzene rings is 2. The molecule has 1 N–H and O–H groups in total. The molecular weight excluding hydrogens is 463 g/mol. The van der Waals surface area contributed by atoms with E-state index in [1.807, 2.05) is 30.0 Å². The van der Waals surface area contributed by atoms with Crippen molar-refractivity contribution in [2.24, 2.45) is 0 Å². The maximum Gasteiger partial charge on any atom is 0.341 e. The number of para-hydroxylation sites is 2. The second-order valence-corrected chi connectivity index (χ2v) is 9.64. The molecule has 2 aromatic carbocycles. The minimum absolute atomic E-state index is 0.0317. The van der Waals surface area contributed by atoms with Crippen molar-refractivity contribution < 1.29 is 19.0 Å². The van der Waals surface area contributed by atoms with Gasteiger partial charge in [-0.1, -0.05) is 12.1 Å². The number of fused-ring (bicyclic) bond motifs is 1. The molecule has 1 atom stereocenters. The summed E-state index contributed by atoms with van der Waals surface area (Å²) in [5, 5.41) is 9.53. The lowest BCUT2D eigenvalue weighted by Crippen LogP contribution is -2.35. The van der Waals surface area contributed by atoms with Crippen LogP contribution in [0.1, 0.15) is 54.8 Å². The predicted molar refractivity (Wildman–Crippen MR) is 135 cm³/mol. The fourth-order valence-corrected chi connectivity index (χ4v) is 5.76. The van der Waals surface area contributed by atoms with Crippen LogP contribution in [0, 0.1) is 5.82 Å². The number of halogens is 1. The van der Waals surface area contributed by atoms with E-state index in [4.69, 9.17) is 9.72 Å². The summed E-state index contributed by atoms with van der Waals surface area (Å²) in [5.74, 6) is -0.256. The number of carboxylic acids is 1. The first-order chi connectivity index (χ1) is 17.4. The van der Waals surface area contributed by atoms with Crippen LogP contribution in [-0.2, 0) is 6.54 Å². The maximum absolute atomic E-state index is 15.6. The van der Waals surface area contributed by atoms with Gasteiger partial charge in [-0.05, 0) is 44.9 Å². The SMILES string of the molecule is CCn1c(C2CCN(c3c(F)cc4c(=O)c(C(=O)O)cn5c4c3OC[C@@H]5C)CC2)nc2ccccc21. The zero-order chi connectivity index (χ0) is 25.1. The van der Waals surface area contributed by atoms with Crippen molar-refractivity contribution in [3.05, 3.63) is 64.0 Å². The lowest BCUT2D eigenvalue weighted by molar-refractivity contribution is 0.0694. The van der Waals surface area contributed by atoms with Crippen LogP contribution in [0.15, 0.2) is 41.3 Å². The van der Waals surface area contributed by atoms with Crippen molar-refractivity contribution >= 4 is 33.6 Å². The van der Waals surface area contributed by atoms with Crippen molar-refractivity contribution in [3.8, 4) is 5.75 Å². The smallest absolute Gasteiger partial charge is 0.341 e. The molecule has 0 saturated carbocycles. The number of aromatic nitrogens is 3. The lowest BCUT2D eigenvalue weighted by atomic mass is 9.95. The van der Waals surface area contributed by atoms with E-state index >= 15 is 4.39 Å². The van der Waals surface area contributed by atoms with Crippen molar-refractivity contribution in [1.29, 1.82) is 0 Å². The van der Waals surface area contributed by atoms with Crippen molar-refractivity contribution in [1.82, 2.24) is 14.1 Å². The minimum Gasteiger partial charge on any atom is -0.487 e. The number of aryl methyl sites for hydroxylation is 1. The molecule has 0 radical (unpaired) electrons. The minimum atomic E-state index is -1.32. The van der Waals surface area contributed by atoms with Gasteiger partial charge in [0.2, 0.25) is 5.43 Å².